The number of primary amides is 1. The number of ether oxygens (including phenoxy) is 2. The summed E-state index contributed by atoms with van der Waals surface area (Å²) in [4.78, 5) is 37.5. The molecular weight excluding hydrogens is 398 g/mol. The molecule has 1 aliphatic rings. The second-order valence-electron chi connectivity index (χ2n) is 7.49. The van der Waals surface area contributed by atoms with Gasteiger partial charge in [-0.1, -0.05) is 12.1 Å². The number of benzene rings is 2. The summed E-state index contributed by atoms with van der Waals surface area (Å²) in [5.74, 6) is 0.0514. The quantitative estimate of drug-likeness (QED) is 0.597. The zero-order chi connectivity index (χ0) is 22.4. The molecule has 164 valence electrons. The van der Waals surface area contributed by atoms with Crippen molar-refractivity contribution in [2.24, 2.45) is 5.73 Å². The summed E-state index contributed by atoms with van der Waals surface area (Å²) in [5, 5.41) is 2.81. The molecule has 1 atom stereocenters. The lowest BCUT2D eigenvalue weighted by Crippen LogP contribution is -2.39. The number of nitrogens with one attached hydrogen (secondary N) is 1. The van der Waals surface area contributed by atoms with Crippen LogP contribution in [0.5, 0.6) is 11.5 Å². The maximum absolute atomic E-state index is 12.4. The number of hydrogen-bond donors (Lipinski definition) is 2. The molecule has 3 rings (SSSR count). The summed E-state index contributed by atoms with van der Waals surface area (Å²) >= 11 is 0. The Labute approximate surface area is 181 Å². The van der Waals surface area contributed by atoms with Crippen molar-refractivity contribution in [1.82, 2.24) is 4.90 Å². The van der Waals surface area contributed by atoms with E-state index >= 15 is 0 Å². The summed E-state index contributed by atoms with van der Waals surface area (Å²) in [6, 6.07) is 12.0. The largest absolute Gasteiger partial charge is 0.493 e. The molecule has 0 aromatic heterocycles. The Bertz CT molecular complexity index is 975. The number of ketones is 1. The van der Waals surface area contributed by atoms with Gasteiger partial charge in [0.05, 0.1) is 13.2 Å². The molecule has 8 nitrogen and oxygen atoms in total. The first-order valence-corrected chi connectivity index (χ1v) is 10.1. The van der Waals surface area contributed by atoms with Crippen molar-refractivity contribution in [3.05, 3.63) is 53.6 Å². The molecule has 0 aliphatic carbocycles. The number of hydrogen-bond acceptors (Lipinski definition) is 6. The fourth-order valence-electron chi connectivity index (χ4n) is 3.67. The summed E-state index contributed by atoms with van der Waals surface area (Å²) in [6.45, 7) is 2.67. The molecule has 1 heterocycles. The van der Waals surface area contributed by atoms with E-state index in [1.165, 1.54) is 14.0 Å². The minimum atomic E-state index is -0.328. The minimum absolute atomic E-state index is 0.0847. The topological polar surface area (TPSA) is 111 Å². The molecule has 1 aliphatic heterocycles. The highest BCUT2D eigenvalue weighted by atomic mass is 16.5. The third kappa shape index (κ3) is 5.82. The molecule has 31 heavy (non-hydrogen) atoms. The van der Waals surface area contributed by atoms with Gasteiger partial charge in [0.15, 0.2) is 23.9 Å². The lowest BCUT2D eigenvalue weighted by Gasteiger charge is -2.22. The van der Waals surface area contributed by atoms with Crippen LogP contribution in [0.3, 0.4) is 0 Å². The van der Waals surface area contributed by atoms with Gasteiger partial charge in [-0.3, -0.25) is 19.3 Å². The molecule has 3 N–H and O–H groups in total. The molecule has 2 amide bonds. The van der Waals surface area contributed by atoms with E-state index in [0.717, 1.165) is 24.9 Å². The predicted octanol–water partition coefficient (Wildman–Crippen LogP) is 2.36. The Kier molecular flexibility index (Phi) is 7.25. The Morgan fingerprint density at radius 3 is 2.68 bits per heavy atom. The van der Waals surface area contributed by atoms with Crippen LogP contribution < -0.4 is 20.5 Å². The van der Waals surface area contributed by atoms with E-state index in [9.17, 15) is 14.4 Å². The van der Waals surface area contributed by atoms with Crippen molar-refractivity contribution in [2.45, 2.75) is 32.4 Å². The lowest BCUT2D eigenvalue weighted by atomic mass is 10.1. The van der Waals surface area contributed by atoms with E-state index < -0.39 is 0 Å². The Balaban J connectivity index is 1.58. The maximum Gasteiger partial charge on any atom is 0.262 e. The standard InChI is InChI=1S/C23H27N3O5/c1-15(27)17-8-9-20(21(12-17)30-2)31-14-22(28)25-18-6-3-5-16(11-18)13-26-10-4-7-19(26)23(24)29/h3,5-6,8-9,11-12,19H,4,7,10,13-14H2,1-2H3,(H2,24,29)(H,25,28). The molecule has 0 radical (unpaired) electrons. The fourth-order valence-corrected chi connectivity index (χ4v) is 3.67. The molecule has 0 spiro atoms. The third-order valence-electron chi connectivity index (χ3n) is 5.22. The highest BCUT2D eigenvalue weighted by Gasteiger charge is 2.28. The number of amides is 2. The van der Waals surface area contributed by atoms with Crippen molar-refractivity contribution in [2.75, 3.05) is 25.6 Å². The average Bonchev–Trinajstić information content (AvgIpc) is 3.20. The second-order valence-corrected chi connectivity index (χ2v) is 7.49. The molecule has 0 bridgehead atoms. The number of Topliss-reactive ketones (excluding diaryl/α,β-unsaturated/α-hetero) is 1. The number of methoxy groups -OCH3 is 1. The number of carbonyl (C=O) groups excluding carboxylic acids is 3. The molecule has 1 fully saturated rings. The van der Waals surface area contributed by atoms with Gasteiger partial charge in [0.1, 0.15) is 0 Å². The van der Waals surface area contributed by atoms with Crippen molar-refractivity contribution in [3.8, 4) is 11.5 Å². The van der Waals surface area contributed by atoms with Gasteiger partial charge in [-0.05, 0) is 62.2 Å². The van der Waals surface area contributed by atoms with Crippen LogP contribution in [-0.4, -0.2) is 48.8 Å². The van der Waals surface area contributed by atoms with E-state index in [1.807, 2.05) is 18.2 Å². The maximum atomic E-state index is 12.4. The first-order chi connectivity index (χ1) is 14.9. The van der Waals surface area contributed by atoms with Gasteiger partial charge in [-0.25, -0.2) is 0 Å². The van der Waals surface area contributed by atoms with Crippen molar-refractivity contribution in [1.29, 1.82) is 0 Å². The zero-order valence-corrected chi connectivity index (χ0v) is 17.7. The first-order valence-electron chi connectivity index (χ1n) is 10.1. The normalized spacial score (nSPS) is 16.0. The van der Waals surface area contributed by atoms with Crippen molar-refractivity contribution >= 4 is 23.3 Å². The van der Waals surface area contributed by atoms with Gasteiger partial charge in [0.25, 0.3) is 5.91 Å². The van der Waals surface area contributed by atoms with Crippen LogP contribution in [0.15, 0.2) is 42.5 Å². The number of nitrogens with two attached hydrogens (primary N) is 1. The SMILES string of the molecule is COc1cc(C(C)=O)ccc1OCC(=O)Nc1cccc(CN2CCCC2C(N)=O)c1. The molecule has 2 aromatic carbocycles. The molecule has 8 heteroatoms. The van der Waals surface area contributed by atoms with Crippen LogP contribution >= 0.6 is 0 Å². The van der Waals surface area contributed by atoms with E-state index in [-0.39, 0.29) is 30.2 Å². The fraction of sp³-hybridized carbons (Fsp3) is 0.348. The van der Waals surface area contributed by atoms with Gasteiger partial charge in [0, 0.05) is 17.8 Å². The van der Waals surface area contributed by atoms with Crippen molar-refractivity contribution < 1.29 is 23.9 Å². The molecule has 2 aromatic rings. The molecule has 0 saturated carbocycles. The van der Waals surface area contributed by atoms with E-state index in [1.54, 1.807) is 24.3 Å². The van der Waals surface area contributed by atoms with Gasteiger partial charge < -0.3 is 20.5 Å². The number of carbonyl (C=O) groups is 3. The van der Waals surface area contributed by atoms with E-state index in [2.05, 4.69) is 10.2 Å². The van der Waals surface area contributed by atoms with Crippen LogP contribution in [0.4, 0.5) is 5.69 Å². The average molecular weight is 425 g/mol. The van der Waals surface area contributed by atoms with E-state index in [4.69, 9.17) is 15.2 Å². The Morgan fingerprint density at radius 1 is 1.16 bits per heavy atom. The summed E-state index contributed by atoms with van der Waals surface area (Å²) < 4.78 is 10.8. The number of anilines is 1. The lowest BCUT2D eigenvalue weighted by molar-refractivity contribution is -0.122. The third-order valence-corrected chi connectivity index (χ3v) is 5.22. The number of likely N-dealkylation sites (tertiary alicyclic amines) is 1. The van der Waals surface area contributed by atoms with E-state index in [0.29, 0.717) is 29.3 Å². The van der Waals surface area contributed by atoms with Crippen LogP contribution in [0.2, 0.25) is 0 Å². The Morgan fingerprint density at radius 2 is 1.97 bits per heavy atom. The van der Waals surface area contributed by atoms with Crippen LogP contribution in [0.1, 0.15) is 35.7 Å². The van der Waals surface area contributed by atoms with Crippen LogP contribution in [0, 0.1) is 0 Å². The zero-order valence-electron chi connectivity index (χ0n) is 17.7. The highest BCUT2D eigenvalue weighted by molar-refractivity contribution is 5.95. The summed E-state index contributed by atoms with van der Waals surface area (Å²) in [7, 11) is 1.47. The van der Waals surface area contributed by atoms with Crippen LogP contribution in [-0.2, 0) is 16.1 Å². The monoisotopic (exact) mass is 425 g/mol. The minimum Gasteiger partial charge on any atom is -0.493 e. The molecular formula is C23H27N3O5. The van der Waals surface area contributed by atoms with Crippen molar-refractivity contribution in [3.63, 3.8) is 0 Å². The molecule has 1 saturated heterocycles. The summed E-state index contributed by atoms with van der Waals surface area (Å²) in [6.07, 6.45) is 1.72. The predicted molar refractivity (Wildman–Crippen MR) is 116 cm³/mol. The second kappa shape index (κ2) is 10.1. The Hall–Kier alpha value is -3.39. The number of rotatable bonds is 9. The summed E-state index contributed by atoms with van der Waals surface area (Å²) in [5.41, 5.74) is 7.61. The number of nitrogens with zero attached hydrogens (tertiary/aromatic N) is 1. The van der Waals surface area contributed by atoms with Crippen LogP contribution in [0.25, 0.3) is 0 Å². The van der Waals surface area contributed by atoms with Gasteiger partial charge in [0.2, 0.25) is 5.91 Å². The van der Waals surface area contributed by atoms with Gasteiger partial charge in [-0.15, -0.1) is 0 Å². The highest BCUT2D eigenvalue weighted by Crippen LogP contribution is 2.28. The first kappa shape index (κ1) is 22.3. The smallest absolute Gasteiger partial charge is 0.262 e. The van der Waals surface area contributed by atoms with Gasteiger partial charge >= 0.3 is 0 Å². The van der Waals surface area contributed by atoms with Gasteiger partial charge in [-0.2, -0.15) is 0 Å². The molecule has 1 unspecified atom stereocenters.